The number of ether oxygens (including phenoxy) is 3. The highest BCUT2D eigenvalue weighted by molar-refractivity contribution is 6.05. The molecule has 1 spiro atoms. The Morgan fingerprint density at radius 2 is 2.00 bits per heavy atom. The molecule has 1 saturated carbocycles. The first kappa shape index (κ1) is 26.9. The summed E-state index contributed by atoms with van der Waals surface area (Å²) in [5.41, 5.74) is 6.31. The molecular weight excluding hydrogens is 524 g/mol. The summed E-state index contributed by atoms with van der Waals surface area (Å²) >= 11 is 0. The van der Waals surface area contributed by atoms with Crippen molar-refractivity contribution in [2.75, 3.05) is 37.9 Å². The molecule has 0 radical (unpaired) electrons. The first-order chi connectivity index (χ1) is 19.1. The van der Waals surface area contributed by atoms with Gasteiger partial charge in [-0.1, -0.05) is 6.58 Å². The van der Waals surface area contributed by atoms with Gasteiger partial charge in [0.25, 0.3) is 5.91 Å². The molecule has 0 atom stereocenters. The van der Waals surface area contributed by atoms with E-state index in [1.54, 1.807) is 14.0 Å². The number of benzene rings is 2. The number of halogens is 2. The number of likely N-dealkylation sites (N-methyl/N-ethyl adjacent to an activating group) is 1. The lowest BCUT2D eigenvalue weighted by atomic mass is 10.0. The van der Waals surface area contributed by atoms with E-state index in [1.807, 2.05) is 0 Å². The Balaban J connectivity index is 1.40. The molecule has 1 aliphatic heterocycles. The van der Waals surface area contributed by atoms with Crippen LogP contribution >= 0.6 is 0 Å². The fourth-order valence-corrected chi connectivity index (χ4v) is 4.28. The molecule has 2 amide bonds. The number of nitrogens with zero attached hydrogens (tertiary/aromatic N) is 3. The summed E-state index contributed by atoms with van der Waals surface area (Å²) in [6, 6.07) is 4.73. The summed E-state index contributed by atoms with van der Waals surface area (Å²) in [5, 5.41) is 2.58. The molecule has 0 unspecified atom stereocenters. The highest BCUT2D eigenvalue weighted by Gasteiger charge is 2.49. The normalized spacial score (nSPS) is 14.4. The predicted molar refractivity (Wildman–Crippen MR) is 142 cm³/mol. The van der Waals surface area contributed by atoms with E-state index in [-0.39, 0.29) is 64.6 Å². The van der Waals surface area contributed by atoms with Crippen molar-refractivity contribution in [3.63, 3.8) is 0 Å². The molecule has 5 rings (SSSR count). The third-order valence-electron chi connectivity index (χ3n) is 6.83. The van der Waals surface area contributed by atoms with E-state index in [9.17, 15) is 18.4 Å². The molecule has 3 N–H and O–H groups in total. The van der Waals surface area contributed by atoms with Crippen molar-refractivity contribution in [2.24, 2.45) is 0 Å². The van der Waals surface area contributed by atoms with Crippen LogP contribution in [0.4, 0.5) is 20.3 Å². The lowest BCUT2D eigenvalue weighted by Gasteiger charge is -2.26. The average molecular weight is 552 g/mol. The van der Waals surface area contributed by atoms with Crippen LogP contribution in [0.25, 0.3) is 11.3 Å². The lowest BCUT2D eigenvalue weighted by molar-refractivity contribution is -0.125. The molecule has 2 aliphatic rings. The zero-order valence-electron chi connectivity index (χ0n) is 21.9. The Hall–Kier alpha value is -4.74. The zero-order chi connectivity index (χ0) is 28.6. The van der Waals surface area contributed by atoms with Gasteiger partial charge in [0.2, 0.25) is 5.91 Å². The van der Waals surface area contributed by atoms with E-state index < -0.39 is 23.1 Å². The van der Waals surface area contributed by atoms with Crippen LogP contribution in [0.15, 0.2) is 43.2 Å². The number of anilines is 2. The smallest absolute Gasteiger partial charge is 0.258 e. The first-order valence-corrected chi connectivity index (χ1v) is 12.5. The molecule has 3 aromatic rings. The van der Waals surface area contributed by atoms with E-state index in [1.165, 1.54) is 29.4 Å². The predicted octanol–water partition coefficient (Wildman–Crippen LogP) is 3.89. The fraction of sp³-hybridized carbons (Fsp3) is 0.286. The summed E-state index contributed by atoms with van der Waals surface area (Å²) < 4.78 is 47.1. The number of amides is 2. The van der Waals surface area contributed by atoms with Crippen LogP contribution in [-0.2, 0) is 4.79 Å². The Bertz CT molecular complexity index is 1530. The molecule has 2 heterocycles. The second-order valence-corrected chi connectivity index (χ2v) is 9.68. The van der Waals surface area contributed by atoms with Gasteiger partial charge in [-0.2, -0.15) is 0 Å². The second kappa shape index (κ2) is 10.4. The minimum Gasteiger partial charge on any atom is -0.486 e. The molecule has 1 fully saturated rings. The van der Waals surface area contributed by atoms with Crippen molar-refractivity contribution in [1.82, 2.24) is 14.9 Å². The number of nitrogen functional groups attached to an aromatic ring is 1. The van der Waals surface area contributed by atoms with E-state index in [0.717, 1.165) is 25.0 Å². The quantitative estimate of drug-likeness (QED) is 0.404. The van der Waals surface area contributed by atoms with Gasteiger partial charge in [-0.15, -0.1) is 0 Å². The molecule has 10 nitrogen and oxygen atoms in total. The van der Waals surface area contributed by atoms with Crippen molar-refractivity contribution in [3.05, 3.63) is 66.0 Å². The van der Waals surface area contributed by atoms with Crippen LogP contribution in [0.2, 0.25) is 0 Å². The molecule has 2 aromatic carbocycles. The Morgan fingerprint density at radius 1 is 1.23 bits per heavy atom. The van der Waals surface area contributed by atoms with Gasteiger partial charge in [-0.05, 0) is 49.6 Å². The van der Waals surface area contributed by atoms with Crippen LogP contribution in [0, 0.1) is 18.6 Å². The monoisotopic (exact) mass is 551 g/mol. The summed E-state index contributed by atoms with van der Waals surface area (Å²) in [6.07, 6.45) is 4.03. The maximum Gasteiger partial charge on any atom is 0.258 e. The van der Waals surface area contributed by atoms with Crippen molar-refractivity contribution in [3.8, 4) is 28.5 Å². The van der Waals surface area contributed by atoms with Crippen LogP contribution in [0.3, 0.4) is 0 Å². The number of fused-ring (bicyclic) bond motifs is 1. The van der Waals surface area contributed by atoms with E-state index in [2.05, 4.69) is 21.9 Å². The number of nitrogens with one attached hydrogen (secondary N) is 1. The second-order valence-electron chi connectivity index (χ2n) is 9.68. The standard InChI is InChI=1S/C28H27F2N5O5/c1-4-23(36)35(3)7-8-38-25-24(32-14-33-26(25)31)17-9-16(29)10-20(15(17)2)34-27(37)18-11-21-22(12-19(18)30)40-28(5-6-28)13-39-21/h4,9-12,14H,1,5-8,13H2,2-3H3,(H,34,37)(H2,31,32,33). The number of carbonyl (C=O) groups is 2. The SMILES string of the molecule is C=CC(=O)N(C)CCOc1c(N)ncnc1-c1cc(F)cc(NC(=O)c2cc3c(cc2F)OC2(CC2)CO3)c1C. The van der Waals surface area contributed by atoms with E-state index >= 15 is 0 Å². The molecule has 1 aliphatic carbocycles. The number of hydrogen-bond acceptors (Lipinski definition) is 8. The van der Waals surface area contributed by atoms with Crippen molar-refractivity contribution >= 4 is 23.3 Å². The summed E-state index contributed by atoms with van der Waals surface area (Å²) in [4.78, 5) is 34.4. The van der Waals surface area contributed by atoms with Crippen LogP contribution in [0.5, 0.6) is 17.2 Å². The van der Waals surface area contributed by atoms with Gasteiger partial charge in [-0.25, -0.2) is 18.7 Å². The van der Waals surface area contributed by atoms with Crippen molar-refractivity contribution < 1.29 is 32.6 Å². The average Bonchev–Trinajstić information content (AvgIpc) is 3.68. The summed E-state index contributed by atoms with van der Waals surface area (Å²) in [7, 11) is 1.58. The Morgan fingerprint density at radius 3 is 2.73 bits per heavy atom. The zero-order valence-corrected chi connectivity index (χ0v) is 21.9. The third-order valence-corrected chi connectivity index (χ3v) is 6.83. The molecule has 0 saturated heterocycles. The summed E-state index contributed by atoms with van der Waals surface area (Å²) in [6.45, 7) is 5.66. The largest absolute Gasteiger partial charge is 0.486 e. The molecule has 0 bridgehead atoms. The Kier molecular flexibility index (Phi) is 7.01. The van der Waals surface area contributed by atoms with Gasteiger partial charge in [0.05, 0.1) is 12.1 Å². The third kappa shape index (κ3) is 5.24. The maximum atomic E-state index is 14.9. The highest BCUT2D eigenvalue weighted by Crippen LogP contribution is 2.47. The van der Waals surface area contributed by atoms with Crippen LogP contribution in [0.1, 0.15) is 28.8 Å². The molecular formula is C28H27F2N5O5. The first-order valence-electron chi connectivity index (χ1n) is 12.5. The number of nitrogens with two attached hydrogens (primary N) is 1. The van der Waals surface area contributed by atoms with E-state index in [0.29, 0.717) is 12.2 Å². The number of carbonyl (C=O) groups excluding carboxylic acids is 2. The molecule has 40 heavy (non-hydrogen) atoms. The van der Waals surface area contributed by atoms with Gasteiger partial charge in [0.1, 0.15) is 42.5 Å². The fourth-order valence-electron chi connectivity index (χ4n) is 4.28. The topological polar surface area (TPSA) is 129 Å². The number of rotatable bonds is 8. The van der Waals surface area contributed by atoms with Crippen molar-refractivity contribution in [2.45, 2.75) is 25.4 Å². The maximum absolute atomic E-state index is 14.9. The van der Waals surface area contributed by atoms with Crippen molar-refractivity contribution in [1.29, 1.82) is 0 Å². The molecule has 12 heteroatoms. The van der Waals surface area contributed by atoms with Gasteiger partial charge in [-0.3, -0.25) is 9.59 Å². The van der Waals surface area contributed by atoms with Crippen LogP contribution in [-0.4, -0.2) is 59.1 Å². The van der Waals surface area contributed by atoms with Gasteiger partial charge in [0.15, 0.2) is 23.1 Å². The summed E-state index contributed by atoms with van der Waals surface area (Å²) in [5.74, 6) is -1.98. The molecule has 208 valence electrons. The Labute approximate surface area is 228 Å². The lowest BCUT2D eigenvalue weighted by Crippen LogP contribution is -2.31. The van der Waals surface area contributed by atoms with Gasteiger partial charge >= 0.3 is 0 Å². The highest BCUT2D eigenvalue weighted by atomic mass is 19.1. The molecule has 1 aromatic heterocycles. The van der Waals surface area contributed by atoms with Gasteiger partial charge in [0, 0.05) is 24.4 Å². The number of hydrogen-bond donors (Lipinski definition) is 2. The van der Waals surface area contributed by atoms with E-state index in [4.69, 9.17) is 19.9 Å². The van der Waals surface area contributed by atoms with Crippen LogP contribution < -0.4 is 25.3 Å². The minimum atomic E-state index is -0.802. The minimum absolute atomic E-state index is 0.00303. The van der Waals surface area contributed by atoms with Gasteiger partial charge < -0.3 is 30.2 Å². The number of aromatic nitrogens is 2.